The third-order valence-corrected chi connectivity index (χ3v) is 16.7. The lowest BCUT2D eigenvalue weighted by molar-refractivity contribution is -0.191. The van der Waals surface area contributed by atoms with Crippen molar-refractivity contribution in [3.8, 4) is 6.07 Å². The van der Waals surface area contributed by atoms with Crippen LogP contribution in [0.3, 0.4) is 0 Å². The molecule has 0 amide bonds. The molecule has 0 aromatic heterocycles. The van der Waals surface area contributed by atoms with Crippen LogP contribution in [0.5, 0.6) is 0 Å². The van der Waals surface area contributed by atoms with Crippen LogP contribution in [0.4, 0.5) is 0 Å². The van der Waals surface area contributed by atoms with Crippen LogP contribution in [0.1, 0.15) is 37.0 Å². The predicted molar refractivity (Wildman–Crippen MR) is 254 cm³/mol. The normalized spacial score (nSPS) is 20.8. The average Bonchev–Trinajstić information content (AvgIpc) is 3.77. The third kappa shape index (κ3) is 8.12. The van der Waals surface area contributed by atoms with E-state index < -0.39 is 48.8 Å². The maximum absolute atomic E-state index is 14.6. The number of hydrogen-bond acceptors (Lipinski definition) is 9. The van der Waals surface area contributed by atoms with Crippen LogP contribution in [0.2, 0.25) is 0 Å². The van der Waals surface area contributed by atoms with E-state index >= 15 is 0 Å². The van der Waals surface area contributed by atoms with Crippen LogP contribution in [0.25, 0.3) is 0 Å². The molecular weight excluding hydrogens is 836 g/mol. The number of rotatable bonds is 12. The van der Waals surface area contributed by atoms with Crippen molar-refractivity contribution in [2.45, 2.75) is 56.1 Å². The first-order valence-corrected chi connectivity index (χ1v) is 24.2. The largest absolute Gasteiger partial charge is 0.465 e. The quantitative estimate of drug-likeness (QED) is 0.0681. The fraction of sp³-hybridized carbons (Fsp3) is 0.222. The summed E-state index contributed by atoms with van der Waals surface area (Å²) in [5.41, 5.74) is 2.82. The van der Waals surface area contributed by atoms with Crippen LogP contribution in [-0.4, -0.2) is 55.6 Å². The molecule has 3 aliphatic rings. The lowest BCUT2D eigenvalue weighted by Crippen LogP contribution is -2.39. The maximum Gasteiger partial charge on any atom is 0.341 e. The van der Waals surface area contributed by atoms with Gasteiger partial charge >= 0.3 is 5.97 Å². The van der Waals surface area contributed by atoms with Gasteiger partial charge in [0.05, 0.1) is 32.4 Å². The first-order chi connectivity index (χ1) is 31.3. The Labute approximate surface area is 379 Å². The molecule has 4 atom stereocenters. The highest BCUT2D eigenvalue weighted by molar-refractivity contribution is 8.03. The van der Waals surface area contributed by atoms with E-state index in [-0.39, 0.29) is 12.2 Å². The predicted octanol–water partition coefficient (Wildman–Crippen LogP) is 9.80. The topological polar surface area (TPSA) is 99.4 Å². The van der Waals surface area contributed by atoms with Crippen LogP contribution in [-0.2, 0) is 34.1 Å². The van der Waals surface area contributed by atoms with E-state index in [1.165, 1.54) is 18.9 Å². The number of allylic oxidation sites excluding steroid dienone is 1. The second-order valence-electron chi connectivity index (χ2n) is 16.3. The van der Waals surface area contributed by atoms with E-state index in [0.717, 1.165) is 32.6 Å². The molecule has 322 valence electrons. The standard InChI is InChI=1S/C54H49N2O6PS/c1-53(2)61-48-45(37-59-54(39-22-10-4-11-23-39,40-24-12-5-13-25-40)41-26-14-6-15-27-41)60-49(50(48)62-53)46-38(36-55)34-35-64-51(47(46)52(57)58-3)56-63(42-28-16-7-17-29-42,43-30-18-8-19-31-43)44-32-20-9-21-33-44/h4-33,45,48-50H,34-35,37H2,1-3H3/t45-,48-,49+,50-/m1/s1. The number of nitriles is 1. The minimum atomic E-state index is -2.87. The average molecular weight is 885 g/mol. The van der Waals surface area contributed by atoms with Crippen molar-refractivity contribution < 1.29 is 28.5 Å². The number of fused-ring (bicyclic) bond motifs is 1. The summed E-state index contributed by atoms with van der Waals surface area (Å²) >= 11 is 1.46. The summed E-state index contributed by atoms with van der Waals surface area (Å²) in [6, 6.07) is 63.8. The molecule has 0 radical (unpaired) electrons. The number of methoxy groups -OCH3 is 1. The minimum absolute atomic E-state index is 0.0822. The lowest BCUT2D eigenvalue weighted by atomic mass is 9.80. The van der Waals surface area contributed by atoms with Gasteiger partial charge in [-0.15, -0.1) is 11.8 Å². The molecule has 0 spiro atoms. The van der Waals surface area contributed by atoms with Gasteiger partial charge in [-0.25, -0.2) is 9.54 Å². The summed E-state index contributed by atoms with van der Waals surface area (Å²) in [6.07, 6.45) is -2.55. The zero-order valence-electron chi connectivity index (χ0n) is 36.0. The summed E-state index contributed by atoms with van der Waals surface area (Å²) in [6.45, 7) is 3.83. The van der Waals surface area contributed by atoms with E-state index in [2.05, 4.69) is 78.9 Å². The highest BCUT2D eigenvalue weighted by Gasteiger charge is 2.58. The Morgan fingerprint density at radius 2 is 1.16 bits per heavy atom. The number of thioether (sulfide) groups is 1. The van der Waals surface area contributed by atoms with Gasteiger partial charge in [-0.05, 0) is 37.0 Å². The van der Waals surface area contributed by atoms with E-state index in [0.29, 0.717) is 28.3 Å². The Balaban J connectivity index is 1.22. The number of carbonyl (C=O) groups excluding carboxylic acids is 1. The summed E-state index contributed by atoms with van der Waals surface area (Å²) in [5, 5.41) is 14.5. The molecule has 0 aliphatic carbocycles. The monoisotopic (exact) mass is 884 g/mol. The van der Waals surface area contributed by atoms with Gasteiger partial charge in [-0.3, -0.25) is 0 Å². The zero-order valence-corrected chi connectivity index (χ0v) is 37.7. The van der Waals surface area contributed by atoms with Crippen LogP contribution >= 0.6 is 18.8 Å². The molecule has 3 aliphatic heterocycles. The second-order valence-corrected chi connectivity index (χ2v) is 20.4. The van der Waals surface area contributed by atoms with Crippen molar-refractivity contribution in [3.63, 3.8) is 0 Å². The fourth-order valence-electron chi connectivity index (χ4n) is 9.24. The number of carbonyl (C=O) groups is 1. The van der Waals surface area contributed by atoms with Crippen molar-refractivity contribution in [2.75, 3.05) is 19.5 Å². The Bertz CT molecular complexity index is 2540. The Morgan fingerprint density at radius 1 is 0.719 bits per heavy atom. The molecule has 0 bridgehead atoms. The molecular formula is C54H49N2O6PS. The molecule has 0 N–H and O–H groups in total. The van der Waals surface area contributed by atoms with Crippen LogP contribution in [0, 0.1) is 11.3 Å². The van der Waals surface area contributed by atoms with Gasteiger partial charge in [-0.2, -0.15) is 5.26 Å². The Kier molecular flexibility index (Phi) is 12.7. The summed E-state index contributed by atoms with van der Waals surface area (Å²) in [4.78, 5) is 14.6. The van der Waals surface area contributed by atoms with Gasteiger partial charge in [0.1, 0.15) is 35.0 Å². The Hall–Kier alpha value is -5.82. The van der Waals surface area contributed by atoms with Crippen molar-refractivity contribution in [1.82, 2.24) is 0 Å². The second kappa shape index (κ2) is 18.7. The maximum atomic E-state index is 14.6. The molecule has 6 aromatic carbocycles. The summed E-state index contributed by atoms with van der Waals surface area (Å²) < 4.78 is 39.4. The number of ether oxygens (including phenoxy) is 5. The van der Waals surface area contributed by atoms with Crippen molar-refractivity contribution in [1.29, 1.82) is 5.26 Å². The first-order valence-electron chi connectivity index (χ1n) is 21.5. The molecule has 10 heteroatoms. The van der Waals surface area contributed by atoms with Gasteiger partial charge < -0.3 is 23.7 Å². The van der Waals surface area contributed by atoms with Gasteiger partial charge in [0.2, 0.25) is 0 Å². The van der Waals surface area contributed by atoms with Crippen LogP contribution < -0.4 is 15.9 Å². The summed E-state index contributed by atoms with van der Waals surface area (Å²) in [7, 11) is -1.51. The molecule has 2 fully saturated rings. The highest BCUT2D eigenvalue weighted by Crippen LogP contribution is 2.53. The first kappa shape index (κ1) is 43.4. The third-order valence-electron chi connectivity index (χ3n) is 12.0. The molecule has 8 nitrogen and oxygen atoms in total. The number of benzene rings is 6. The van der Waals surface area contributed by atoms with E-state index in [1.54, 1.807) is 0 Å². The number of nitrogens with zero attached hydrogens (tertiary/aromatic N) is 2. The van der Waals surface area contributed by atoms with Crippen molar-refractivity contribution in [3.05, 3.63) is 220 Å². The number of hydrogen-bond donors (Lipinski definition) is 0. The molecule has 0 saturated carbocycles. The smallest absolute Gasteiger partial charge is 0.341 e. The zero-order chi connectivity index (χ0) is 44.2. The highest BCUT2D eigenvalue weighted by atomic mass is 32.2. The summed E-state index contributed by atoms with van der Waals surface area (Å²) in [5.74, 6) is -1.12. The molecule has 0 unspecified atom stereocenters. The molecule has 9 rings (SSSR count). The number of esters is 1. The SMILES string of the molecule is COC(=O)C1=C(N=P(c2ccccc2)(c2ccccc2)c2ccccc2)SCCC(C#N)=C1[C@@H]1O[C@H](COC(c2ccccc2)(c2ccccc2)c2ccccc2)[C@H]2OC(C)(C)O[C@H]21. The Morgan fingerprint density at radius 3 is 1.59 bits per heavy atom. The van der Waals surface area contributed by atoms with E-state index in [1.807, 2.05) is 123 Å². The van der Waals surface area contributed by atoms with Crippen molar-refractivity contribution in [2.24, 2.45) is 4.74 Å². The molecule has 2 saturated heterocycles. The molecule has 6 aromatic rings. The minimum Gasteiger partial charge on any atom is -0.465 e. The molecule has 3 heterocycles. The van der Waals surface area contributed by atoms with Gasteiger partial charge in [0.15, 0.2) is 5.79 Å². The van der Waals surface area contributed by atoms with Crippen molar-refractivity contribution >= 4 is 40.7 Å². The van der Waals surface area contributed by atoms with Gasteiger partial charge in [-0.1, -0.05) is 182 Å². The van der Waals surface area contributed by atoms with Gasteiger partial charge in [0, 0.05) is 32.8 Å². The van der Waals surface area contributed by atoms with Gasteiger partial charge in [0.25, 0.3) is 0 Å². The fourth-order valence-corrected chi connectivity index (χ4v) is 14.1. The molecule has 64 heavy (non-hydrogen) atoms. The lowest BCUT2D eigenvalue weighted by Gasteiger charge is -2.37. The van der Waals surface area contributed by atoms with E-state index in [9.17, 15) is 10.1 Å². The van der Waals surface area contributed by atoms with E-state index in [4.69, 9.17) is 28.4 Å². The van der Waals surface area contributed by atoms with Crippen LogP contribution in [0.15, 0.2) is 208 Å².